The summed E-state index contributed by atoms with van der Waals surface area (Å²) in [6.45, 7) is 3.84. The Labute approximate surface area is 102 Å². The second kappa shape index (κ2) is 3.30. The molecule has 13 heavy (non-hydrogen) atoms. The van der Waals surface area contributed by atoms with Crippen LogP contribution in [-0.2, 0) is 0 Å². The van der Waals surface area contributed by atoms with Crippen LogP contribution >= 0.6 is 45.2 Å². The van der Waals surface area contributed by atoms with Crippen LogP contribution in [0.4, 0.5) is 0 Å². The van der Waals surface area contributed by atoms with Crippen LogP contribution in [0.1, 0.15) is 11.6 Å². The molecule has 0 atom stereocenters. The standard InChI is InChI=1S/C7H6I2N4/c1-3-10-6-5(8)12-4(2)13(6)7(9)11-3/h1-2H3. The number of aromatic nitrogens is 4. The summed E-state index contributed by atoms with van der Waals surface area (Å²) in [6.07, 6.45) is 0. The molecule has 0 aliphatic carbocycles. The fourth-order valence-electron chi connectivity index (χ4n) is 1.17. The first-order chi connectivity index (χ1) is 6.09. The average molecular weight is 400 g/mol. The summed E-state index contributed by atoms with van der Waals surface area (Å²) in [5.74, 6) is 1.72. The Hall–Kier alpha value is 0.01000. The Morgan fingerprint density at radius 2 is 1.77 bits per heavy atom. The van der Waals surface area contributed by atoms with E-state index in [1.54, 1.807) is 0 Å². The fraction of sp³-hybridized carbons (Fsp3) is 0.286. The molecule has 0 fully saturated rings. The normalized spacial score (nSPS) is 11.1. The molecule has 4 nitrogen and oxygen atoms in total. The van der Waals surface area contributed by atoms with Gasteiger partial charge in [0.15, 0.2) is 9.48 Å². The molecule has 2 aromatic heterocycles. The first-order valence-corrected chi connectivity index (χ1v) is 5.80. The van der Waals surface area contributed by atoms with E-state index in [1.165, 1.54) is 0 Å². The Balaban J connectivity index is 2.97. The van der Waals surface area contributed by atoms with Gasteiger partial charge in [-0.15, -0.1) is 0 Å². The van der Waals surface area contributed by atoms with Gasteiger partial charge in [-0.1, -0.05) is 0 Å². The maximum Gasteiger partial charge on any atom is 0.180 e. The number of aryl methyl sites for hydroxylation is 2. The van der Waals surface area contributed by atoms with E-state index in [1.807, 2.05) is 18.2 Å². The van der Waals surface area contributed by atoms with Gasteiger partial charge in [0.05, 0.1) is 0 Å². The first-order valence-electron chi connectivity index (χ1n) is 3.64. The highest BCUT2D eigenvalue weighted by molar-refractivity contribution is 14.1. The number of fused-ring (bicyclic) bond motifs is 1. The van der Waals surface area contributed by atoms with Crippen molar-refractivity contribution in [3.05, 3.63) is 19.2 Å². The van der Waals surface area contributed by atoms with Crippen LogP contribution in [0, 0.1) is 21.4 Å². The van der Waals surface area contributed by atoms with Gasteiger partial charge in [0.25, 0.3) is 0 Å². The van der Waals surface area contributed by atoms with E-state index in [9.17, 15) is 0 Å². The second-order valence-corrected chi connectivity index (χ2v) is 4.64. The lowest BCUT2D eigenvalue weighted by Crippen LogP contribution is -2.02. The summed E-state index contributed by atoms with van der Waals surface area (Å²) >= 11 is 4.38. The van der Waals surface area contributed by atoms with Gasteiger partial charge in [-0.25, -0.2) is 15.0 Å². The molecule has 0 bridgehead atoms. The molecule has 0 amide bonds. The summed E-state index contributed by atoms with van der Waals surface area (Å²) in [6, 6.07) is 0. The minimum Gasteiger partial charge on any atom is -0.259 e. The van der Waals surface area contributed by atoms with E-state index < -0.39 is 0 Å². The summed E-state index contributed by atoms with van der Waals surface area (Å²) in [4.78, 5) is 12.9. The Kier molecular flexibility index (Phi) is 2.43. The summed E-state index contributed by atoms with van der Waals surface area (Å²) in [7, 11) is 0. The van der Waals surface area contributed by atoms with Gasteiger partial charge in [-0.05, 0) is 36.4 Å². The van der Waals surface area contributed by atoms with Crippen LogP contribution in [0.3, 0.4) is 0 Å². The SMILES string of the molecule is Cc1nc(I)n2c(C)nc(I)c2n1. The number of nitrogens with zero attached hydrogens (tertiary/aromatic N) is 4. The number of rotatable bonds is 0. The van der Waals surface area contributed by atoms with E-state index in [-0.39, 0.29) is 0 Å². The van der Waals surface area contributed by atoms with Crippen molar-refractivity contribution >= 4 is 50.8 Å². The molecule has 0 N–H and O–H groups in total. The van der Waals surface area contributed by atoms with Gasteiger partial charge in [-0.3, -0.25) is 4.40 Å². The van der Waals surface area contributed by atoms with Gasteiger partial charge in [0, 0.05) is 22.6 Å². The minimum atomic E-state index is 0.787. The number of hydrogen-bond acceptors (Lipinski definition) is 3. The highest BCUT2D eigenvalue weighted by Crippen LogP contribution is 2.15. The molecule has 0 unspecified atom stereocenters. The third-order valence-corrected chi connectivity index (χ3v) is 3.13. The quantitative estimate of drug-likeness (QED) is 0.636. The maximum atomic E-state index is 4.33. The van der Waals surface area contributed by atoms with Crippen molar-refractivity contribution in [2.75, 3.05) is 0 Å². The van der Waals surface area contributed by atoms with Crippen LogP contribution in [0.5, 0.6) is 0 Å². The molecule has 2 aromatic rings. The molecular weight excluding hydrogens is 394 g/mol. The molecule has 0 aliphatic heterocycles. The number of imidazole rings is 1. The molecule has 2 heterocycles. The highest BCUT2D eigenvalue weighted by Gasteiger charge is 2.10. The maximum absolute atomic E-state index is 4.33. The average Bonchev–Trinajstić information content (AvgIpc) is 2.27. The van der Waals surface area contributed by atoms with Crippen LogP contribution in [-0.4, -0.2) is 19.4 Å². The van der Waals surface area contributed by atoms with Crippen LogP contribution in [0.15, 0.2) is 0 Å². The van der Waals surface area contributed by atoms with Gasteiger partial charge in [0.1, 0.15) is 15.3 Å². The molecule has 6 heteroatoms. The molecule has 0 spiro atoms. The molecule has 0 saturated heterocycles. The molecule has 68 valence electrons. The van der Waals surface area contributed by atoms with Gasteiger partial charge >= 0.3 is 0 Å². The van der Waals surface area contributed by atoms with Crippen LogP contribution in [0.25, 0.3) is 5.65 Å². The van der Waals surface area contributed by atoms with Crippen molar-refractivity contribution in [3.8, 4) is 0 Å². The number of halogens is 2. The van der Waals surface area contributed by atoms with Gasteiger partial charge < -0.3 is 0 Å². The highest BCUT2D eigenvalue weighted by atomic mass is 127. The zero-order valence-electron chi connectivity index (χ0n) is 7.04. The minimum absolute atomic E-state index is 0.787. The molecule has 0 aliphatic rings. The van der Waals surface area contributed by atoms with E-state index in [0.29, 0.717) is 0 Å². The predicted molar refractivity (Wildman–Crippen MR) is 65.7 cm³/mol. The van der Waals surface area contributed by atoms with E-state index in [2.05, 4.69) is 60.1 Å². The summed E-state index contributed by atoms with van der Waals surface area (Å²) in [5.41, 5.74) is 0.898. The topological polar surface area (TPSA) is 43.1 Å². The smallest absolute Gasteiger partial charge is 0.180 e. The van der Waals surface area contributed by atoms with E-state index >= 15 is 0 Å². The van der Waals surface area contributed by atoms with Crippen LogP contribution in [0.2, 0.25) is 0 Å². The predicted octanol–water partition coefficient (Wildman–Crippen LogP) is 1.95. The molecular formula is C7H6I2N4. The molecule has 0 aromatic carbocycles. The largest absolute Gasteiger partial charge is 0.259 e. The van der Waals surface area contributed by atoms with Crippen molar-refractivity contribution in [2.45, 2.75) is 13.8 Å². The third kappa shape index (κ3) is 1.53. The monoisotopic (exact) mass is 400 g/mol. The van der Waals surface area contributed by atoms with Crippen molar-refractivity contribution in [3.63, 3.8) is 0 Å². The lowest BCUT2D eigenvalue weighted by molar-refractivity contribution is 0.894. The van der Waals surface area contributed by atoms with E-state index in [4.69, 9.17) is 0 Å². The van der Waals surface area contributed by atoms with Gasteiger partial charge in [0.2, 0.25) is 0 Å². The lowest BCUT2D eigenvalue weighted by Gasteiger charge is -1.99. The van der Waals surface area contributed by atoms with Crippen LogP contribution < -0.4 is 0 Å². The third-order valence-electron chi connectivity index (χ3n) is 1.69. The van der Waals surface area contributed by atoms with Crippen molar-refractivity contribution in [1.82, 2.24) is 19.4 Å². The van der Waals surface area contributed by atoms with E-state index in [0.717, 1.165) is 24.8 Å². The summed E-state index contributed by atoms with van der Waals surface area (Å²) < 4.78 is 3.79. The number of hydrogen-bond donors (Lipinski definition) is 0. The Bertz CT molecular complexity index is 477. The lowest BCUT2D eigenvalue weighted by atomic mass is 10.6. The molecule has 2 rings (SSSR count). The Morgan fingerprint density at radius 1 is 1.08 bits per heavy atom. The zero-order valence-corrected chi connectivity index (χ0v) is 11.4. The second-order valence-electron chi connectivity index (χ2n) is 2.65. The van der Waals surface area contributed by atoms with Gasteiger partial charge in [-0.2, -0.15) is 0 Å². The van der Waals surface area contributed by atoms with Crippen molar-refractivity contribution < 1.29 is 0 Å². The van der Waals surface area contributed by atoms with Crippen molar-refractivity contribution in [2.24, 2.45) is 0 Å². The molecule has 0 saturated carbocycles. The summed E-state index contributed by atoms with van der Waals surface area (Å²) in [5, 5.41) is 0. The van der Waals surface area contributed by atoms with Crippen molar-refractivity contribution in [1.29, 1.82) is 0 Å². The first kappa shape index (κ1) is 9.56. The Morgan fingerprint density at radius 3 is 2.46 bits per heavy atom. The molecule has 0 radical (unpaired) electrons. The zero-order chi connectivity index (χ0) is 9.59. The fourth-order valence-corrected chi connectivity index (χ4v) is 2.80.